The first-order valence-corrected chi connectivity index (χ1v) is 7.15. The smallest absolute Gasteiger partial charge is 0.162 e. The van der Waals surface area contributed by atoms with Crippen LogP contribution in [-0.4, -0.2) is 16.6 Å². The van der Waals surface area contributed by atoms with Crippen LogP contribution < -0.4 is 11.3 Å². The Morgan fingerprint density at radius 2 is 1.95 bits per heavy atom. The monoisotopic (exact) mass is 264 g/mol. The van der Waals surface area contributed by atoms with E-state index in [0.29, 0.717) is 12.4 Å². The number of anilines is 1. The van der Waals surface area contributed by atoms with E-state index in [2.05, 4.69) is 17.3 Å². The number of hydrogen-bond donors (Lipinski definition) is 2. The van der Waals surface area contributed by atoms with Crippen LogP contribution in [0.25, 0.3) is 0 Å². The van der Waals surface area contributed by atoms with Gasteiger partial charge in [0, 0.05) is 17.9 Å². The number of aryl methyl sites for hydroxylation is 1. The second-order valence-electron chi connectivity index (χ2n) is 5.10. The average Bonchev–Trinajstić information content (AvgIpc) is 2.89. The Balaban J connectivity index is 2.48. The van der Waals surface area contributed by atoms with Crippen LogP contribution in [0.15, 0.2) is 0 Å². The quantitative estimate of drug-likeness (QED) is 0.631. The minimum absolute atomic E-state index is 0.308. The Labute approximate surface area is 114 Å². The van der Waals surface area contributed by atoms with Gasteiger partial charge in [0.15, 0.2) is 5.82 Å². The highest BCUT2D eigenvalue weighted by Crippen LogP contribution is 2.41. The molecule has 0 amide bonds. The van der Waals surface area contributed by atoms with Crippen molar-refractivity contribution in [2.24, 2.45) is 5.84 Å². The van der Waals surface area contributed by atoms with Gasteiger partial charge in [0.25, 0.3) is 0 Å². The lowest BCUT2D eigenvalue weighted by atomic mass is 10.00. The van der Waals surface area contributed by atoms with E-state index in [1.54, 1.807) is 0 Å². The second-order valence-corrected chi connectivity index (χ2v) is 5.10. The van der Waals surface area contributed by atoms with Crippen molar-refractivity contribution < 1.29 is 4.74 Å². The second kappa shape index (κ2) is 5.84. The van der Waals surface area contributed by atoms with Crippen LogP contribution >= 0.6 is 0 Å². The summed E-state index contributed by atoms with van der Waals surface area (Å²) in [5, 5.41) is 0. The number of hydrazine groups is 1. The number of ether oxygens (including phenoxy) is 1. The van der Waals surface area contributed by atoms with Crippen molar-refractivity contribution in [3.05, 3.63) is 17.1 Å². The van der Waals surface area contributed by atoms with Crippen molar-refractivity contribution in [3.63, 3.8) is 0 Å². The van der Waals surface area contributed by atoms with Gasteiger partial charge in [-0.3, -0.25) is 0 Å². The van der Waals surface area contributed by atoms with Crippen LogP contribution in [0, 0.1) is 6.92 Å². The molecule has 5 heteroatoms. The number of rotatable bonds is 5. The molecule has 1 heterocycles. The van der Waals surface area contributed by atoms with E-state index in [1.165, 1.54) is 12.8 Å². The largest absolute Gasteiger partial charge is 0.367 e. The molecule has 0 aliphatic heterocycles. The topological polar surface area (TPSA) is 73.1 Å². The maximum Gasteiger partial charge on any atom is 0.162 e. The van der Waals surface area contributed by atoms with Gasteiger partial charge in [-0.1, -0.05) is 6.92 Å². The van der Waals surface area contributed by atoms with Gasteiger partial charge in [-0.25, -0.2) is 15.8 Å². The van der Waals surface area contributed by atoms with Gasteiger partial charge in [-0.15, -0.1) is 0 Å². The third-order valence-electron chi connectivity index (χ3n) is 3.96. The van der Waals surface area contributed by atoms with Crippen molar-refractivity contribution in [3.8, 4) is 0 Å². The Hall–Kier alpha value is -1.20. The van der Waals surface area contributed by atoms with Gasteiger partial charge >= 0.3 is 0 Å². The Morgan fingerprint density at radius 1 is 1.26 bits per heavy atom. The van der Waals surface area contributed by atoms with E-state index in [1.807, 2.05) is 13.8 Å². The Bertz CT molecular complexity index is 416. The van der Waals surface area contributed by atoms with E-state index < -0.39 is 0 Å². The molecular weight excluding hydrogens is 240 g/mol. The molecule has 0 atom stereocenters. The van der Waals surface area contributed by atoms with Crippen molar-refractivity contribution in [2.75, 3.05) is 12.0 Å². The molecule has 5 nitrogen and oxygen atoms in total. The molecule has 106 valence electrons. The molecule has 1 aliphatic carbocycles. The fraction of sp³-hybridized carbons (Fsp3) is 0.714. The lowest BCUT2D eigenvalue weighted by molar-refractivity contribution is -0.0457. The fourth-order valence-electron chi connectivity index (χ4n) is 2.91. The maximum atomic E-state index is 6.02. The van der Waals surface area contributed by atoms with E-state index in [0.717, 1.165) is 36.3 Å². The normalized spacial score (nSPS) is 17.7. The predicted octanol–water partition coefficient (Wildman–Crippen LogP) is 2.44. The summed E-state index contributed by atoms with van der Waals surface area (Å²) in [5.74, 6) is 7.09. The fourth-order valence-corrected chi connectivity index (χ4v) is 2.91. The van der Waals surface area contributed by atoms with Crippen molar-refractivity contribution >= 4 is 5.82 Å². The summed E-state index contributed by atoms with van der Waals surface area (Å²) in [6.07, 6.45) is 5.21. The zero-order valence-electron chi connectivity index (χ0n) is 12.1. The molecule has 1 saturated carbocycles. The van der Waals surface area contributed by atoms with Crippen LogP contribution in [-0.2, 0) is 16.8 Å². The van der Waals surface area contributed by atoms with Gasteiger partial charge in [-0.2, -0.15) is 0 Å². The van der Waals surface area contributed by atoms with Crippen LogP contribution in [0.1, 0.15) is 56.6 Å². The molecule has 0 radical (unpaired) electrons. The number of nitrogens with zero attached hydrogens (tertiary/aromatic N) is 2. The molecule has 0 aromatic carbocycles. The van der Waals surface area contributed by atoms with Crippen molar-refractivity contribution in [1.29, 1.82) is 0 Å². The highest BCUT2D eigenvalue weighted by Gasteiger charge is 2.39. The highest BCUT2D eigenvalue weighted by molar-refractivity contribution is 5.45. The molecule has 1 fully saturated rings. The van der Waals surface area contributed by atoms with Gasteiger partial charge in [0.1, 0.15) is 11.4 Å². The molecular formula is C14H24N4O. The van der Waals surface area contributed by atoms with Crippen LogP contribution in [0.4, 0.5) is 5.82 Å². The molecule has 2 rings (SSSR count). The standard InChI is InChI=1S/C14H24N4O/c1-4-11-10(3)12(18-15)17-13(16-11)14(19-5-2)8-6-7-9-14/h4-9,15H2,1-3H3,(H,16,17,18). The van der Waals surface area contributed by atoms with E-state index in [9.17, 15) is 0 Å². The SMILES string of the molecule is CCOC1(c2nc(CC)c(C)c(NN)n2)CCCC1. The molecule has 3 N–H and O–H groups in total. The molecule has 0 bridgehead atoms. The van der Waals surface area contributed by atoms with Gasteiger partial charge in [0.2, 0.25) is 0 Å². The minimum Gasteiger partial charge on any atom is -0.367 e. The summed E-state index contributed by atoms with van der Waals surface area (Å²) in [7, 11) is 0. The minimum atomic E-state index is -0.308. The van der Waals surface area contributed by atoms with Crippen LogP contribution in [0.3, 0.4) is 0 Å². The number of nitrogen functional groups attached to an aromatic ring is 1. The average molecular weight is 264 g/mol. The van der Waals surface area contributed by atoms with E-state index >= 15 is 0 Å². The first-order chi connectivity index (χ1) is 9.16. The summed E-state index contributed by atoms with van der Waals surface area (Å²) < 4.78 is 6.02. The first kappa shape index (κ1) is 14.2. The number of hydrogen-bond acceptors (Lipinski definition) is 5. The summed E-state index contributed by atoms with van der Waals surface area (Å²) >= 11 is 0. The summed E-state index contributed by atoms with van der Waals surface area (Å²) in [6, 6.07) is 0. The third kappa shape index (κ3) is 2.58. The summed E-state index contributed by atoms with van der Waals surface area (Å²) in [5.41, 5.74) is 4.45. The first-order valence-electron chi connectivity index (χ1n) is 7.15. The summed E-state index contributed by atoms with van der Waals surface area (Å²) in [4.78, 5) is 9.34. The molecule has 1 aromatic rings. The van der Waals surface area contributed by atoms with E-state index in [-0.39, 0.29) is 5.60 Å². The number of aromatic nitrogens is 2. The van der Waals surface area contributed by atoms with Gasteiger partial charge in [0.05, 0.1) is 0 Å². The van der Waals surface area contributed by atoms with Crippen LogP contribution in [0.2, 0.25) is 0 Å². The van der Waals surface area contributed by atoms with Crippen molar-refractivity contribution in [2.45, 2.75) is 58.5 Å². The van der Waals surface area contributed by atoms with Gasteiger partial charge in [-0.05, 0) is 46.0 Å². The zero-order chi connectivity index (χ0) is 13.9. The van der Waals surface area contributed by atoms with Gasteiger partial charge < -0.3 is 10.2 Å². The molecule has 0 saturated heterocycles. The van der Waals surface area contributed by atoms with E-state index in [4.69, 9.17) is 15.6 Å². The maximum absolute atomic E-state index is 6.02. The summed E-state index contributed by atoms with van der Waals surface area (Å²) in [6.45, 7) is 6.81. The lowest BCUT2D eigenvalue weighted by Gasteiger charge is -2.28. The third-order valence-corrected chi connectivity index (χ3v) is 3.96. The molecule has 19 heavy (non-hydrogen) atoms. The highest BCUT2D eigenvalue weighted by atomic mass is 16.5. The van der Waals surface area contributed by atoms with Crippen LogP contribution in [0.5, 0.6) is 0 Å². The zero-order valence-corrected chi connectivity index (χ0v) is 12.1. The molecule has 0 spiro atoms. The number of nitrogens with two attached hydrogens (primary N) is 1. The predicted molar refractivity (Wildman–Crippen MR) is 75.7 cm³/mol. The molecule has 1 aromatic heterocycles. The van der Waals surface area contributed by atoms with Crippen molar-refractivity contribution in [1.82, 2.24) is 9.97 Å². The number of nitrogens with one attached hydrogen (secondary N) is 1. The molecule has 0 unspecified atom stereocenters. The molecule has 1 aliphatic rings. The Morgan fingerprint density at radius 3 is 2.47 bits per heavy atom. The lowest BCUT2D eigenvalue weighted by Crippen LogP contribution is -2.30. The Kier molecular flexibility index (Phi) is 4.37.